The summed E-state index contributed by atoms with van der Waals surface area (Å²) in [6.45, 7) is 3.78. The van der Waals surface area contributed by atoms with Gasteiger partial charge in [0.1, 0.15) is 10.6 Å². The number of sulfonamides is 1. The van der Waals surface area contributed by atoms with Gasteiger partial charge in [-0.25, -0.2) is 18.0 Å². The van der Waals surface area contributed by atoms with E-state index in [0.717, 1.165) is 7.11 Å². The van der Waals surface area contributed by atoms with Crippen LogP contribution in [0.5, 0.6) is 5.75 Å². The van der Waals surface area contributed by atoms with Crippen LogP contribution in [0.1, 0.15) is 32.5 Å². The van der Waals surface area contributed by atoms with Crippen molar-refractivity contribution >= 4 is 39.0 Å². The van der Waals surface area contributed by atoms with Gasteiger partial charge < -0.3 is 14.2 Å². The topological polar surface area (TPSA) is 108 Å². The van der Waals surface area contributed by atoms with Gasteiger partial charge in [-0.2, -0.15) is 0 Å². The summed E-state index contributed by atoms with van der Waals surface area (Å²) in [5.74, 6) is -0.994. The quantitative estimate of drug-likeness (QED) is 0.695. The molecular weight excluding hydrogens is 394 g/mol. The number of anilines is 1. The average molecular weight is 413 g/mol. The van der Waals surface area contributed by atoms with Gasteiger partial charge in [0.15, 0.2) is 4.21 Å². The molecule has 27 heavy (non-hydrogen) atoms. The lowest BCUT2D eigenvalue weighted by Crippen LogP contribution is -2.16. The molecular formula is C17H19NO7S2. The largest absolute Gasteiger partial charge is 0.494 e. The molecule has 0 spiro atoms. The summed E-state index contributed by atoms with van der Waals surface area (Å²) in [6, 6.07) is 6.29. The summed E-state index contributed by atoms with van der Waals surface area (Å²) >= 11 is 0.649. The maximum Gasteiger partial charge on any atom is 0.348 e. The van der Waals surface area contributed by atoms with Crippen molar-refractivity contribution in [1.29, 1.82) is 0 Å². The molecule has 0 aliphatic heterocycles. The van der Waals surface area contributed by atoms with Crippen LogP contribution >= 0.6 is 11.3 Å². The molecule has 1 N–H and O–H groups in total. The number of hydrogen-bond donors (Lipinski definition) is 1. The van der Waals surface area contributed by atoms with E-state index in [-0.39, 0.29) is 25.9 Å². The van der Waals surface area contributed by atoms with E-state index >= 15 is 0 Å². The molecule has 0 radical (unpaired) electrons. The maximum atomic E-state index is 12.8. The van der Waals surface area contributed by atoms with Crippen LogP contribution in [0.4, 0.5) is 5.69 Å². The Morgan fingerprint density at radius 2 is 1.67 bits per heavy atom. The maximum absolute atomic E-state index is 12.8. The second kappa shape index (κ2) is 8.40. The molecule has 0 fully saturated rings. The predicted octanol–water partition coefficient (Wildman–Crippen LogP) is 2.83. The summed E-state index contributed by atoms with van der Waals surface area (Å²) < 4.78 is 42.4. The SMILES string of the molecule is CCOc1ccc(NS(=O)(=O)c2sc(C(=O)OC)c(C)c2C(=O)OC)cc1. The number of ether oxygens (including phenoxy) is 3. The fourth-order valence-electron chi connectivity index (χ4n) is 2.29. The van der Waals surface area contributed by atoms with Gasteiger partial charge in [-0.1, -0.05) is 0 Å². The molecule has 0 amide bonds. The van der Waals surface area contributed by atoms with Gasteiger partial charge in [-0.05, 0) is 43.7 Å². The number of thiophene rings is 1. The number of esters is 2. The fraction of sp³-hybridized carbons (Fsp3) is 0.294. The Morgan fingerprint density at radius 3 is 2.19 bits per heavy atom. The van der Waals surface area contributed by atoms with E-state index < -0.39 is 22.0 Å². The van der Waals surface area contributed by atoms with Crippen LogP contribution < -0.4 is 9.46 Å². The Kier molecular flexibility index (Phi) is 6.45. The van der Waals surface area contributed by atoms with Crippen LogP contribution in [0.3, 0.4) is 0 Å². The first-order chi connectivity index (χ1) is 12.7. The number of carbonyl (C=O) groups excluding carboxylic acids is 2. The van der Waals surface area contributed by atoms with Crippen LogP contribution in [0.2, 0.25) is 0 Å². The number of benzene rings is 1. The number of carbonyl (C=O) groups is 2. The third-order valence-corrected chi connectivity index (χ3v) is 6.71. The van der Waals surface area contributed by atoms with Crippen molar-refractivity contribution in [3.8, 4) is 5.75 Å². The average Bonchev–Trinajstić information content (AvgIpc) is 3.00. The van der Waals surface area contributed by atoms with Crippen LogP contribution in [0.25, 0.3) is 0 Å². The van der Waals surface area contributed by atoms with E-state index in [9.17, 15) is 18.0 Å². The van der Waals surface area contributed by atoms with E-state index in [4.69, 9.17) is 4.74 Å². The first-order valence-corrected chi connectivity index (χ1v) is 10.1. The number of nitrogens with one attached hydrogen (secondary N) is 1. The highest BCUT2D eigenvalue weighted by atomic mass is 32.2. The van der Waals surface area contributed by atoms with Gasteiger partial charge in [0.25, 0.3) is 10.0 Å². The molecule has 2 aromatic rings. The lowest BCUT2D eigenvalue weighted by molar-refractivity contribution is 0.0596. The first-order valence-electron chi connectivity index (χ1n) is 7.80. The van der Waals surface area contributed by atoms with Gasteiger partial charge >= 0.3 is 11.9 Å². The van der Waals surface area contributed by atoms with Crippen LogP contribution in [0, 0.1) is 6.92 Å². The van der Waals surface area contributed by atoms with Crippen molar-refractivity contribution in [2.45, 2.75) is 18.1 Å². The zero-order chi connectivity index (χ0) is 20.2. The van der Waals surface area contributed by atoms with E-state index in [2.05, 4.69) is 14.2 Å². The third-order valence-electron chi connectivity index (χ3n) is 3.54. The molecule has 8 nitrogen and oxygen atoms in total. The Morgan fingerprint density at radius 1 is 1.07 bits per heavy atom. The zero-order valence-electron chi connectivity index (χ0n) is 15.2. The van der Waals surface area contributed by atoms with Crippen molar-refractivity contribution in [3.05, 3.63) is 40.3 Å². The standard InChI is InChI=1S/C17H19NO7S2/c1-5-25-12-8-6-11(7-9-12)18-27(21,22)17-13(15(19)23-3)10(2)14(26-17)16(20)24-4/h6-9,18H,5H2,1-4H3. The lowest BCUT2D eigenvalue weighted by Gasteiger charge is -2.09. The summed E-state index contributed by atoms with van der Waals surface area (Å²) in [5, 5.41) is 0. The molecule has 2 rings (SSSR count). The molecule has 0 aliphatic carbocycles. The first kappa shape index (κ1) is 20.7. The second-order valence-corrected chi connectivity index (χ2v) is 8.16. The van der Waals surface area contributed by atoms with Crippen molar-refractivity contribution in [2.24, 2.45) is 0 Å². The Bertz CT molecular complexity index is 946. The summed E-state index contributed by atoms with van der Waals surface area (Å²) in [6.07, 6.45) is 0. The van der Waals surface area contributed by atoms with Crippen molar-refractivity contribution in [1.82, 2.24) is 0 Å². The van der Waals surface area contributed by atoms with Gasteiger partial charge in [0, 0.05) is 5.69 Å². The molecule has 1 aromatic heterocycles. The molecule has 0 aliphatic rings. The Balaban J connectivity index is 2.47. The fourth-order valence-corrected chi connectivity index (χ4v) is 5.09. The molecule has 146 valence electrons. The normalized spacial score (nSPS) is 11.0. The highest BCUT2D eigenvalue weighted by Crippen LogP contribution is 2.34. The lowest BCUT2D eigenvalue weighted by atomic mass is 10.2. The minimum absolute atomic E-state index is 0.0185. The second-order valence-electron chi connectivity index (χ2n) is 5.26. The molecule has 1 aromatic carbocycles. The van der Waals surface area contributed by atoms with Crippen LogP contribution in [0.15, 0.2) is 28.5 Å². The molecule has 1 heterocycles. The van der Waals surface area contributed by atoms with Crippen molar-refractivity contribution in [3.63, 3.8) is 0 Å². The van der Waals surface area contributed by atoms with Crippen molar-refractivity contribution in [2.75, 3.05) is 25.5 Å². The van der Waals surface area contributed by atoms with E-state index in [1.807, 2.05) is 6.92 Å². The highest BCUT2D eigenvalue weighted by molar-refractivity contribution is 7.94. The third kappa shape index (κ3) is 4.40. The molecule has 0 atom stereocenters. The minimum atomic E-state index is -4.15. The number of methoxy groups -OCH3 is 2. The molecule has 0 unspecified atom stereocenters. The summed E-state index contributed by atoms with van der Waals surface area (Å²) in [4.78, 5) is 24.0. The number of hydrogen-bond acceptors (Lipinski definition) is 8. The van der Waals surface area contributed by atoms with Crippen LogP contribution in [-0.4, -0.2) is 41.2 Å². The number of rotatable bonds is 7. The van der Waals surface area contributed by atoms with Crippen LogP contribution in [-0.2, 0) is 19.5 Å². The Labute approximate surface area is 161 Å². The Hall–Kier alpha value is -2.59. The molecule has 0 saturated heterocycles. The van der Waals surface area contributed by atoms with E-state index in [1.54, 1.807) is 12.1 Å². The minimum Gasteiger partial charge on any atom is -0.494 e. The molecule has 0 saturated carbocycles. The molecule has 10 heteroatoms. The van der Waals surface area contributed by atoms with E-state index in [0.29, 0.717) is 23.7 Å². The van der Waals surface area contributed by atoms with Crippen molar-refractivity contribution < 1.29 is 32.2 Å². The predicted molar refractivity (Wildman–Crippen MR) is 100 cm³/mol. The van der Waals surface area contributed by atoms with E-state index in [1.165, 1.54) is 26.2 Å². The summed E-state index contributed by atoms with van der Waals surface area (Å²) in [7, 11) is -1.84. The zero-order valence-corrected chi connectivity index (χ0v) is 16.8. The van der Waals surface area contributed by atoms with Gasteiger partial charge in [0.2, 0.25) is 0 Å². The van der Waals surface area contributed by atoms with Gasteiger partial charge in [-0.3, -0.25) is 4.72 Å². The highest BCUT2D eigenvalue weighted by Gasteiger charge is 2.32. The smallest absolute Gasteiger partial charge is 0.348 e. The van der Waals surface area contributed by atoms with Gasteiger partial charge in [0.05, 0.1) is 26.4 Å². The monoisotopic (exact) mass is 413 g/mol. The van der Waals surface area contributed by atoms with Gasteiger partial charge in [-0.15, -0.1) is 11.3 Å². The molecule has 0 bridgehead atoms. The summed E-state index contributed by atoms with van der Waals surface area (Å²) in [5.41, 5.74) is 0.270.